The van der Waals surface area contributed by atoms with Gasteiger partial charge in [0.1, 0.15) is 6.07 Å². The molecule has 5 nitrogen and oxygen atoms in total. The van der Waals surface area contributed by atoms with Crippen molar-refractivity contribution in [1.82, 2.24) is 13.7 Å². The lowest BCUT2D eigenvalue weighted by Gasteiger charge is -2.14. The molecule has 55 heavy (non-hydrogen) atoms. The highest BCUT2D eigenvalue weighted by atomic mass is 15.0. The number of aromatic nitrogens is 3. The van der Waals surface area contributed by atoms with Gasteiger partial charge in [-0.2, -0.15) is 5.26 Å². The minimum Gasteiger partial charge on any atom is -0.311 e. The first-order valence-electron chi connectivity index (χ1n) is 18.3. The molecule has 0 saturated carbocycles. The third-order valence-electron chi connectivity index (χ3n) is 11.1. The van der Waals surface area contributed by atoms with E-state index in [1.807, 2.05) is 30.3 Å². The minimum absolute atomic E-state index is 0.589. The molecule has 0 radical (unpaired) electrons. The molecular formula is C50H29N5. The van der Waals surface area contributed by atoms with E-state index in [2.05, 4.69) is 170 Å². The number of nitriles is 1. The van der Waals surface area contributed by atoms with Crippen molar-refractivity contribution < 1.29 is 0 Å². The molecule has 11 aromatic rings. The maximum absolute atomic E-state index is 10.8. The van der Waals surface area contributed by atoms with Gasteiger partial charge < -0.3 is 13.7 Å². The molecule has 0 fully saturated rings. The van der Waals surface area contributed by atoms with Crippen LogP contribution >= 0.6 is 0 Å². The zero-order chi connectivity index (χ0) is 36.6. The summed E-state index contributed by atoms with van der Waals surface area (Å²) in [6.07, 6.45) is 0. The van der Waals surface area contributed by atoms with Crippen molar-refractivity contribution in [2.75, 3.05) is 0 Å². The summed E-state index contributed by atoms with van der Waals surface area (Å²) in [5.41, 5.74) is 12.6. The maximum atomic E-state index is 10.8. The monoisotopic (exact) mass is 699 g/mol. The Bertz CT molecular complexity index is 3420. The lowest BCUT2D eigenvalue weighted by Crippen LogP contribution is -1.99. The molecule has 0 bridgehead atoms. The van der Waals surface area contributed by atoms with Gasteiger partial charge in [-0.25, -0.2) is 4.85 Å². The van der Waals surface area contributed by atoms with Crippen LogP contribution in [0.25, 0.3) is 98.5 Å². The van der Waals surface area contributed by atoms with Gasteiger partial charge >= 0.3 is 0 Å². The Balaban J connectivity index is 1.10. The van der Waals surface area contributed by atoms with Gasteiger partial charge in [0.15, 0.2) is 5.69 Å². The van der Waals surface area contributed by atoms with E-state index >= 15 is 0 Å². The van der Waals surface area contributed by atoms with E-state index in [0.717, 1.165) is 82.8 Å². The Hall–Kier alpha value is -7.86. The first kappa shape index (κ1) is 30.7. The van der Waals surface area contributed by atoms with Gasteiger partial charge in [0.2, 0.25) is 0 Å². The van der Waals surface area contributed by atoms with Gasteiger partial charge in [-0.05, 0) is 83.2 Å². The van der Waals surface area contributed by atoms with Crippen molar-refractivity contribution in [2.24, 2.45) is 0 Å². The highest BCUT2D eigenvalue weighted by Crippen LogP contribution is 2.42. The van der Waals surface area contributed by atoms with E-state index in [1.165, 1.54) is 10.8 Å². The number of rotatable bonds is 4. The first-order chi connectivity index (χ1) is 27.2. The van der Waals surface area contributed by atoms with Gasteiger partial charge in [-0.1, -0.05) is 109 Å². The molecule has 0 atom stereocenters. The van der Waals surface area contributed by atoms with Crippen molar-refractivity contribution >= 4 is 71.1 Å². The van der Waals surface area contributed by atoms with Crippen LogP contribution in [0, 0.1) is 17.9 Å². The van der Waals surface area contributed by atoms with Crippen molar-refractivity contribution in [2.45, 2.75) is 0 Å². The van der Waals surface area contributed by atoms with E-state index in [9.17, 15) is 5.26 Å². The predicted molar refractivity (Wildman–Crippen MR) is 226 cm³/mol. The third kappa shape index (κ3) is 4.39. The second kappa shape index (κ2) is 11.8. The zero-order valence-corrected chi connectivity index (χ0v) is 29.5. The molecule has 0 aliphatic carbocycles. The first-order valence-corrected chi connectivity index (χ1v) is 18.3. The lowest BCUT2D eigenvalue weighted by molar-refractivity contribution is 1.16. The van der Waals surface area contributed by atoms with Crippen LogP contribution in [0.1, 0.15) is 5.56 Å². The summed E-state index contributed by atoms with van der Waals surface area (Å²) in [4.78, 5) is 3.85. The zero-order valence-electron chi connectivity index (χ0n) is 29.5. The second-order valence-electron chi connectivity index (χ2n) is 13.9. The molecule has 0 aliphatic heterocycles. The van der Waals surface area contributed by atoms with Crippen molar-refractivity contribution in [3.05, 3.63) is 193 Å². The largest absolute Gasteiger partial charge is 0.311 e. The predicted octanol–water partition coefficient (Wildman–Crippen LogP) is 13.1. The summed E-state index contributed by atoms with van der Waals surface area (Å²) in [6, 6.07) is 63.6. The Labute approximate surface area is 316 Å². The fraction of sp³-hybridized carbons (Fsp3) is 0. The highest BCUT2D eigenvalue weighted by Gasteiger charge is 2.21. The normalized spacial score (nSPS) is 11.6. The van der Waals surface area contributed by atoms with Crippen LogP contribution in [-0.2, 0) is 0 Å². The van der Waals surface area contributed by atoms with E-state index in [-0.39, 0.29) is 0 Å². The molecule has 254 valence electrons. The molecule has 0 saturated heterocycles. The van der Waals surface area contributed by atoms with E-state index in [1.54, 1.807) is 0 Å². The molecule has 3 heterocycles. The molecule has 5 heteroatoms. The summed E-state index contributed by atoms with van der Waals surface area (Å²) in [5.74, 6) is 0. The second-order valence-corrected chi connectivity index (χ2v) is 13.9. The standard InChI is InChI=1S/C50H29N5/c1-52-40-19-11-24-46-49(40)38-17-4-8-22-44(38)53(46)35-14-10-13-32(30-35)33-27-28-41(34(29-33)31-51)54-45-23-9-5-18-39(45)50-47(54)25-12-26-48(50)55-42-20-6-2-15-36(42)37-16-3-7-21-43(37)55/h2-30H. The van der Waals surface area contributed by atoms with Crippen LogP contribution in [0.15, 0.2) is 176 Å². The quantitative estimate of drug-likeness (QED) is 0.169. The maximum Gasteiger partial charge on any atom is 0.197 e. The number of hydrogen-bond acceptors (Lipinski definition) is 1. The Morgan fingerprint density at radius 3 is 1.60 bits per heavy atom. The Morgan fingerprint density at radius 2 is 0.927 bits per heavy atom. The molecule has 0 amide bonds. The average Bonchev–Trinajstić information content (AvgIpc) is 3.89. The van der Waals surface area contributed by atoms with Crippen LogP contribution in [0.2, 0.25) is 0 Å². The molecule has 8 aromatic carbocycles. The SMILES string of the molecule is [C-]#[N+]c1cccc2c1c1ccccc1n2-c1cccc(-c2ccc(-n3c4ccccc4c4c(-n5c6ccccc6c6ccccc65)cccc43)c(C#N)c2)c1. The lowest BCUT2D eigenvalue weighted by atomic mass is 10.0. The van der Waals surface area contributed by atoms with Gasteiger partial charge in [0.05, 0.1) is 51.1 Å². The van der Waals surface area contributed by atoms with E-state index in [0.29, 0.717) is 11.3 Å². The van der Waals surface area contributed by atoms with Crippen LogP contribution in [0.4, 0.5) is 5.69 Å². The summed E-state index contributed by atoms with van der Waals surface area (Å²) < 4.78 is 6.85. The number of nitrogens with zero attached hydrogens (tertiary/aromatic N) is 5. The molecule has 11 rings (SSSR count). The molecule has 0 spiro atoms. The van der Waals surface area contributed by atoms with Gasteiger partial charge in [0, 0.05) is 38.1 Å². The fourth-order valence-electron chi connectivity index (χ4n) is 8.82. The topological polar surface area (TPSA) is 42.9 Å². The van der Waals surface area contributed by atoms with Crippen molar-refractivity contribution in [1.29, 1.82) is 5.26 Å². The Kier molecular flexibility index (Phi) is 6.61. The van der Waals surface area contributed by atoms with Gasteiger partial charge in [-0.15, -0.1) is 0 Å². The van der Waals surface area contributed by atoms with Gasteiger partial charge in [0.25, 0.3) is 0 Å². The number of para-hydroxylation sites is 4. The number of hydrogen-bond donors (Lipinski definition) is 0. The smallest absolute Gasteiger partial charge is 0.197 e. The highest BCUT2D eigenvalue weighted by molar-refractivity contribution is 6.17. The van der Waals surface area contributed by atoms with Crippen LogP contribution in [0.3, 0.4) is 0 Å². The van der Waals surface area contributed by atoms with Crippen LogP contribution in [0.5, 0.6) is 0 Å². The van der Waals surface area contributed by atoms with Crippen LogP contribution in [-0.4, -0.2) is 13.7 Å². The molecule has 0 aliphatic rings. The molecule has 0 N–H and O–H groups in total. The summed E-state index contributed by atoms with van der Waals surface area (Å²) in [6.45, 7) is 7.85. The molecule has 0 unspecified atom stereocenters. The van der Waals surface area contributed by atoms with Crippen molar-refractivity contribution in [3.8, 4) is 34.3 Å². The Morgan fingerprint density at radius 1 is 0.418 bits per heavy atom. The molecule has 3 aromatic heterocycles. The number of fused-ring (bicyclic) bond motifs is 9. The van der Waals surface area contributed by atoms with Crippen LogP contribution < -0.4 is 0 Å². The van der Waals surface area contributed by atoms with E-state index < -0.39 is 0 Å². The summed E-state index contributed by atoms with van der Waals surface area (Å²) >= 11 is 0. The average molecular weight is 700 g/mol. The summed E-state index contributed by atoms with van der Waals surface area (Å²) in [7, 11) is 0. The van der Waals surface area contributed by atoms with Crippen molar-refractivity contribution in [3.63, 3.8) is 0 Å². The minimum atomic E-state index is 0.589. The van der Waals surface area contributed by atoms with Gasteiger partial charge in [-0.3, -0.25) is 0 Å². The summed E-state index contributed by atoms with van der Waals surface area (Å²) in [5, 5.41) is 17.5. The number of benzene rings is 8. The molecular weight excluding hydrogens is 671 g/mol. The van der Waals surface area contributed by atoms with E-state index in [4.69, 9.17) is 6.57 Å². The third-order valence-corrected chi connectivity index (χ3v) is 11.1. The fourth-order valence-corrected chi connectivity index (χ4v) is 8.82.